The fourth-order valence-electron chi connectivity index (χ4n) is 5.19. The standard InChI is InChI=1S/C27H27Cl2N5O3/c1-17(37-25-5-2-18(13-31)14-32-25)21-15-34(16-22(21)20-3-4-23(28)24(29)12-20)27(36)19-7-10-33(11-8-19)26(35)6-9-30/h2-5,12,14,17,19,21-22H,6-8,10-11,15-16H2,1H3. The number of carbonyl (C=O) groups is 2. The monoisotopic (exact) mass is 539 g/mol. The molecule has 2 saturated heterocycles. The molecule has 4 rings (SSSR count). The van der Waals surface area contributed by atoms with E-state index in [2.05, 4.69) is 4.98 Å². The number of aromatic nitrogens is 1. The van der Waals surface area contributed by atoms with Crippen molar-refractivity contribution in [3.05, 3.63) is 57.7 Å². The summed E-state index contributed by atoms with van der Waals surface area (Å²) in [5.41, 5.74) is 1.43. The zero-order chi connectivity index (χ0) is 26.5. The van der Waals surface area contributed by atoms with Crippen molar-refractivity contribution in [1.29, 1.82) is 10.5 Å². The van der Waals surface area contributed by atoms with E-state index < -0.39 is 0 Å². The number of nitrogens with zero attached hydrogens (tertiary/aromatic N) is 5. The van der Waals surface area contributed by atoms with Crippen LogP contribution in [0.25, 0.3) is 0 Å². The van der Waals surface area contributed by atoms with Crippen LogP contribution >= 0.6 is 23.2 Å². The third kappa shape index (κ3) is 6.15. The number of hydrogen-bond donors (Lipinski definition) is 0. The van der Waals surface area contributed by atoms with E-state index in [1.165, 1.54) is 6.20 Å². The summed E-state index contributed by atoms with van der Waals surface area (Å²) in [6, 6.07) is 12.8. The number of nitriles is 2. The highest BCUT2D eigenvalue weighted by atomic mass is 35.5. The molecule has 10 heteroatoms. The predicted molar refractivity (Wildman–Crippen MR) is 138 cm³/mol. The number of halogens is 2. The molecule has 0 aliphatic carbocycles. The van der Waals surface area contributed by atoms with Gasteiger partial charge in [-0.05, 0) is 43.5 Å². The van der Waals surface area contributed by atoms with Crippen molar-refractivity contribution in [2.24, 2.45) is 11.8 Å². The normalized spacial score (nSPS) is 20.7. The largest absolute Gasteiger partial charge is 0.474 e. The van der Waals surface area contributed by atoms with Crippen molar-refractivity contribution in [3.63, 3.8) is 0 Å². The van der Waals surface area contributed by atoms with Gasteiger partial charge in [-0.25, -0.2) is 4.98 Å². The minimum absolute atomic E-state index is 0.0237. The second-order valence-corrected chi connectivity index (χ2v) is 10.3. The van der Waals surface area contributed by atoms with E-state index >= 15 is 0 Å². The molecule has 0 bridgehead atoms. The van der Waals surface area contributed by atoms with Crippen LogP contribution in [0.3, 0.4) is 0 Å². The van der Waals surface area contributed by atoms with Crippen molar-refractivity contribution in [3.8, 4) is 18.0 Å². The molecule has 3 unspecified atom stereocenters. The quantitative estimate of drug-likeness (QED) is 0.537. The van der Waals surface area contributed by atoms with Gasteiger partial charge in [0.15, 0.2) is 0 Å². The number of pyridine rings is 1. The molecule has 2 fully saturated rings. The van der Waals surface area contributed by atoms with E-state index in [9.17, 15) is 9.59 Å². The van der Waals surface area contributed by atoms with Gasteiger partial charge in [0.2, 0.25) is 17.7 Å². The summed E-state index contributed by atoms with van der Waals surface area (Å²) in [6.45, 7) is 3.95. The summed E-state index contributed by atoms with van der Waals surface area (Å²) in [5, 5.41) is 18.7. The zero-order valence-corrected chi connectivity index (χ0v) is 22.0. The molecule has 1 aromatic heterocycles. The van der Waals surface area contributed by atoms with Gasteiger partial charge in [-0.2, -0.15) is 10.5 Å². The smallest absolute Gasteiger partial charge is 0.236 e. The Morgan fingerprint density at radius 1 is 1.11 bits per heavy atom. The number of hydrogen-bond acceptors (Lipinski definition) is 6. The molecule has 2 amide bonds. The molecule has 1 aromatic carbocycles. The number of piperidine rings is 1. The molecule has 192 valence electrons. The molecule has 37 heavy (non-hydrogen) atoms. The Labute approximate surface area is 226 Å². The molecule has 2 aliphatic heterocycles. The minimum atomic E-state index is -0.275. The molecule has 3 atom stereocenters. The summed E-state index contributed by atoms with van der Waals surface area (Å²) in [5.74, 6) is 0.0787. The van der Waals surface area contributed by atoms with Gasteiger partial charge >= 0.3 is 0 Å². The van der Waals surface area contributed by atoms with E-state index in [-0.39, 0.29) is 42.1 Å². The highest BCUT2D eigenvalue weighted by Gasteiger charge is 2.42. The van der Waals surface area contributed by atoms with Crippen molar-refractivity contribution in [2.75, 3.05) is 26.2 Å². The van der Waals surface area contributed by atoms with Crippen LogP contribution in [0.2, 0.25) is 10.0 Å². The van der Waals surface area contributed by atoms with Gasteiger partial charge in [-0.15, -0.1) is 0 Å². The van der Waals surface area contributed by atoms with Crippen LogP contribution in [0.1, 0.15) is 43.2 Å². The van der Waals surface area contributed by atoms with Gasteiger partial charge in [0.25, 0.3) is 0 Å². The van der Waals surface area contributed by atoms with Crippen molar-refractivity contribution in [2.45, 2.75) is 38.2 Å². The minimum Gasteiger partial charge on any atom is -0.474 e. The third-order valence-electron chi connectivity index (χ3n) is 7.25. The van der Waals surface area contributed by atoms with Crippen LogP contribution in [-0.4, -0.2) is 58.9 Å². The Hall–Kier alpha value is -3.33. The SMILES string of the molecule is CC(Oc1ccc(C#N)cn1)C1CN(C(=O)C2CCN(C(=O)CC#N)CC2)CC1c1ccc(Cl)c(Cl)c1. The number of ether oxygens (including phenoxy) is 1. The fraction of sp³-hybridized carbons (Fsp3) is 0.444. The Balaban J connectivity index is 1.49. The summed E-state index contributed by atoms with van der Waals surface area (Å²) in [4.78, 5) is 33.4. The molecule has 0 spiro atoms. The number of benzene rings is 1. The maximum absolute atomic E-state index is 13.5. The van der Waals surface area contributed by atoms with Crippen LogP contribution < -0.4 is 4.74 Å². The topological polar surface area (TPSA) is 110 Å². The first-order valence-electron chi connectivity index (χ1n) is 12.2. The van der Waals surface area contributed by atoms with Crippen LogP contribution in [0.4, 0.5) is 0 Å². The van der Waals surface area contributed by atoms with Crippen molar-refractivity contribution in [1.82, 2.24) is 14.8 Å². The first-order valence-corrected chi connectivity index (χ1v) is 13.0. The second kappa shape index (κ2) is 11.8. The molecular weight excluding hydrogens is 513 g/mol. The number of likely N-dealkylation sites (tertiary alicyclic amines) is 2. The van der Waals surface area contributed by atoms with Crippen LogP contribution in [-0.2, 0) is 9.59 Å². The lowest BCUT2D eigenvalue weighted by atomic mass is 9.86. The van der Waals surface area contributed by atoms with Gasteiger partial charge in [0.1, 0.15) is 18.6 Å². The Morgan fingerprint density at radius 3 is 2.49 bits per heavy atom. The Morgan fingerprint density at radius 2 is 1.86 bits per heavy atom. The average Bonchev–Trinajstić information content (AvgIpc) is 3.36. The highest BCUT2D eigenvalue weighted by Crippen LogP contribution is 2.39. The van der Waals surface area contributed by atoms with E-state index in [4.69, 9.17) is 38.5 Å². The molecule has 2 aliphatic rings. The van der Waals surface area contributed by atoms with Gasteiger partial charge in [0.05, 0.1) is 21.7 Å². The lowest BCUT2D eigenvalue weighted by Gasteiger charge is -2.33. The number of carbonyl (C=O) groups excluding carboxylic acids is 2. The van der Waals surface area contributed by atoms with Gasteiger partial charge in [-0.1, -0.05) is 29.3 Å². The molecule has 3 heterocycles. The predicted octanol–water partition coefficient (Wildman–Crippen LogP) is 4.42. The maximum Gasteiger partial charge on any atom is 0.236 e. The Kier molecular flexibility index (Phi) is 8.53. The average molecular weight is 540 g/mol. The lowest BCUT2D eigenvalue weighted by molar-refractivity contribution is -0.139. The van der Waals surface area contributed by atoms with E-state index in [1.807, 2.05) is 36.1 Å². The Bertz CT molecular complexity index is 1230. The summed E-state index contributed by atoms with van der Waals surface area (Å²) >= 11 is 12.5. The molecule has 0 saturated carbocycles. The number of rotatable bonds is 6. The summed E-state index contributed by atoms with van der Waals surface area (Å²) in [7, 11) is 0. The van der Waals surface area contributed by atoms with Crippen LogP contribution in [0.15, 0.2) is 36.5 Å². The van der Waals surface area contributed by atoms with E-state index in [0.717, 1.165) is 5.56 Å². The van der Waals surface area contributed by atoms with Crippen molar-refractivity contribution >= 4 is 35.0 Å². The van der Waals surface area contributed by atoms with Gasteiger partial charge in [-0.3, -0.25) is 9.59 Å². The van der Waals surface area contributed by atoms with E-state index in [1.54, 1.807) is 23.1 Å². The van der Waals surface area contributed by atoms with Crippen molar-refractivity contribution < 1.29 is 14.3 Å². The van der Waals surface area contributed by atoms with E-state index in [0.29, 0.717) is 60.5 Å². The first-order chi connectivity index (χ1) is 17.8. The number of amides is 2. The second-order valence-electron chi connectivity index (χ2n) is 9.50. The lowest BCUT2D eigenvalue weighted by Crippen LogP contribution is -2.44. The van der Waals surface area contributed by atoms with Crippen LogP contribution in [0, 0.1) is 34.5 Å². The van der Waals surface area contributed by atoms with Crippen LogP contribution in [0.5, 0.6) is 5.88 Å². The molecule has 8 nitrogen and oxygen atoms in total. The molecular formula is C27H27Cl2N5O3. The maximum atomic E-state index is 13.5. The zero-order valence-electron chi connectivity index (χ0n) is 20.4. The first kappa shape index (κ1) is 26.7. The summed E-state index contributed by atoms with van der Waals surface area (Å²) < 4.78 is 6.15. The molecule has 0 N–H and O–H groups in total. The summed E-state index contributed by atoms with van der Waals surface area (Å²) in [6.07, 6.45) is 2.22. The highest BCUT2D eigenvalue weighted by molar-refractivity contribution is 6.42. The molecule has 2 aromatic rings. The van der Waals surface area contributed by atoms with Gasteiger partial charge in [0, 0.05) is 56.2 Å². The van der Waals surface area contributed by atoms with Gasteiger partial charge < -0.3 is 14.5 Å². The fourth-order valence-corrected chi connectivity index (χ4v) is 5.49. The third-order valence-corrected chi connectivity index (χ3v) is 7.99. The molecule has 0 radical (unpaired) electrons.